The van der Waals surface area contributed by atoms with Crippen LogP contribution in [0.3, 0.4) is 0 Å². The van der Waals surface area contributed by atoms with Crippen molar-refractivity contribution >= 4 is 29.1 Å². The lowest BCUT2D eigenvalue weighted by Crippen LogP contribution is -2.42. The van der Waals surface area contributed by atoms with Crippen LogP contribution < -0.4 is 5.32 Å². The summed E-state index contributed by atoms with van der Waals surface area (Å²) >= 11 is 1.54. The minimum absolute atomic E-state index is 0.182. The highest BCUT2D eigenvalue weighted by molar-refractivity contribution is 7.09. The Labute approximate surface area is 172 Å². The first-order chi connectivity index (χ1) is 13.9. The molecule has 1 atom stereocenters. The van der Waals surface area contributed by atoms with Crippen LogP contribution in [0.2, 0.25) is 0 Å². The lowest BCUT2D eigenvalue weighted by atomic mass is 9.96. The standard InChI is InChI=1S/C21H23FN2O4S/c1-14(19(25)23-13-18-3-2-12-29-18)28-21(27)16-8-10-24(11-9-16)20(26)15-4-6-17(22)7-5-15/h2-7,12,14,16H,8-11,13H2,1H3,(H,23,25)/t14-/m1/s1. The van der Waals surface area contributed by atoms with Gasteiger partial charge in [0.25, 0.3) is 11.8 Å². The molecule has 1 aromatic carbocycles. The summed E-state index contributed by atoms with van der Waals surface area (Å²) < 4.78 is 18.3. The van der Waals surface area contributed by atoms with E-state index in [0.29, 0.717) is 38.0 Å². The first kappa shape index (κ1) is 21.0. The smallest absolute Gasteiger partial charge is 0.309 e. The SMILES string of the molecule is C[C@@H](OC(=O)C1CCN(C(=O)c2ccc(F)cc2)CC1)C(=O)NCc1cccs1. The topological polar surface area (TPSA) is 75.7 Å². The molecule has 1 fully saturated rings. The molecule has 0 unspecified atom stereocenters. The monoisotopic (exact) mass is 418 g/mol. The summed E-state index contributed by atoms with van der Waals surface area (Å²) in [6.45, 7) is 2.78. The van der Waals surface area contributed by atoms with E-state index in [4.69, 9.17) is 4.74 Å². The largest absolute Gasteiger partial charge is 0.452 e. The average Bonchev–Trinajstić information content (AvgIpc) is 3.25. The lowest BCUT2D eigenvalue weighted by molar-refractivity contribution is -0.160. The summed E-state index contributed by atoms with van der Waals surface area (Å²) in [4.78, 5) is 39.6. The predicted octanol–water partition coefficient (Wildman–Crippen LogP) is 2.99. The van der Waals surface area contributed by atoms with E-state index in [2.05, 4.69) is 5.32 Å². The van der Waals surface area contributed by atoms with Crippen LogP contribution in [0, 0.1) is 11.7 Å². The quantitative estimate of drug-likeness (QED) is 0.732. The van der Waals surface area contributed by atoms with E-state index in [1.54, 1.807) is 23.2 Å². The van der Waals surface area contributed by atoms with Gasteiger partial charge >= 0.3 is 5.97 Å². The molecule has 0 bridgehead atoms. The van der Waals surface area contributed by atoms with Crippen LogP contribution in [-0.2, 0) is 20.9 Å². The molecular formula is C21H23FN2O4S. The number of nitrogens with zero attached hydrogens (tertiary/aromatic N) is 1. The average molecular weight is 418 g/mol. The number of carbonyl (C=O) groups is 3. The fourth-order valence-corrected chi connectivity index (χ4v) is 3.79. The Bertz CT molecular complexity index is 846. The minimum atomic E-state index is -0.874. The van der Waals surface area contributed by atoms with E-state index < -0.39 is 17.9 Å². The number of piperidine rings is 1. The van der Waals surface area contributed by atoms with Crippen molar-refractivity contribution in [2.24, 2.45) is 5.92 Å². The molecule has 1 aliphatic rings. The van der Waals surface area contributed by atoms with E-state index in [0.717, 1.165) is 4.88 Å². The number of thiophene rings is 1. The zero-order valence-electron chi connectivity index (χ0n) is 16.1. The fourth-order valence-electron chi connectivity index (χ4n) is 3.15. The van der Waals surface area contributed by atoms with Crippen molar-refractivity contribution in [2.75, 3.05) is 13.1 Å². The maximum Gasteiger partial charge on any atom is 0.309 e. The van der Waals surface area contributed by atoms with Gasteiger partial charge in [0.15, 0.2) is 6.10 Å². The number of amides is 2. The van der Waals surface area contributed by atoms with Crippen molar-refractivity contribution in [3.63, 3.8) is 0 Å². The van der Waals surface area contributed by atoms with Gasteiger partial charge in [0.2, 0.25) is 0 Å². The van der Waals surface area contributed by atoms with E-state index in [9.17, 15) is 18.8 Å². The van der Waals surface area contributed by atoms with Gasteiger partial charge in [0.05, 0.1) is 12.5 Å². The highest BCUT2D eigenvalue weighted by atomic mass is 32.1. The fraction of sp³-hybridized carbons (Fsp3) is 0.381. The van der Waals surface area contributed by atoms with Gasteiger partial charge in [-0.15, -0.1) is 11.3 Å². The van der Waals surface area contributed by atoms with Crippen LogP contribution in [0.5, 0.6) is 0 Å². The van der Waals surface area contributed by atoms with E-state index in [1.165, 1.54) is 24.3 Å². The second kappa shape index (κ2) is 9.65. The first-order valence-corrected chi connectivity index (χ1v) is 10.4. The van der Waals surface area contributed by atoms with E-state index in [-0.39, 0.29) is 17.7 Å². The van der Waals surface area contributed by atoms with Crippen LogP contribution in [0.4, 0.5) is 4.39 Å². The lowest BCUT2D eigenvalue weighted by Gasteiger charge is -2.31. The van der Waals surface area contributed by atoms with Crippen LogP contribution in [0.15, 0.2) is 41.8 Å². The summed E-state index contributed by atoms with van der Waals surface area (Å²) in [6.07, 6.45) is 0.0614. The van der Waals surface area contributed by atoms with Crippen LogP contribution >= 0.6 is 11.3 Å². The molecule has 2 aromatic rings. The van der Waals surface area contributed by atoms with Gasteiger partial charge < -0.3 is 15.0 Å². The minimum Gasteiger partial charge on any atom is -0.452 e. The number of carbonyl (C=O) groups excluding carboxylic acids is 3. The normalized spacial score (nSPS) is 15.6. The maximum atomic E-state index is 13.0. The molecule has 0 saturated carbocycles. The number of halogens is 1. The van der Waals surface area contributed by atoms with Gasteiger partial charge in [0, 0.05) is 23.5 Å². The zero-order chi connectivity index (χ0) is 20.8. The summed E-state index contributed by atoms with van der Waals surface area (Å²) in [5.74, 6) is -1.68. The molecule has 154 valence electrons. The molecule has 1 aliphatic heterocycles. The third-order valence-corrected chi connectivity index (χ3v) is 5.76. The number of nitrogens with one attached hydrogen (secondary N) is 1. The molecule has 1 aromatic heterocycles. The highest BCUT2D eigenvalue weighted by Crippen LogP contribution is 2.21. The van der Waals surface area contributed by atoms with Crippen molar-refractivity contribution in [3.8, 4) is 0 Å². The van der Waals surface area contributed by atoms with E-state index >= 15 is 0 Å². The Morgan fingerprint density at radius 2 is 1.90 bits per heavy atom. The Hall–Kier alpha value is -2.74. The highest BCUT2D eigenvalue weighted by Gasteiger charge is 2.30. The Morgan fingerprint density at radius 3 is 2.52 bits per heavy atom. The van der Waals surface area contributed by atoms with Crippen molar-refractivity contribution in [1.82, 2.24) is 10.2 Å². The molecule has 2 amide bonds. The van der Waals surface area contributed by atoms with Gasteiger partial charge in [-0.1, -0.05) is 6.07 Å². The summed E-state index contributed by atoms with van der Waals surface area (Å²) in [6, 6.07) is 9.24. The molecular weight excluding hydrogens is 395 g/mol. The summed E-state index contributed by atoms with van der Waals surface area (Å²) in [5.41, 5.74) is 0.420. The molecule has 2 heterocycles. The summed E-state index contributed by atoms with van der Waals surface area (Å²) in [5, 5.41) is 4.68. The predicted molar refractivity (Wildman–Crippen MR) is 107 cm³/mol. The molecule has 0 radical (unpaired) electrons. The van der Waals surface area contributed by atoms with Crippen molar-refractivity contribution in [2.45, 2.75) is 32.4 Å². The summed E-state index contributed by atoms with van der Waals surface area (Å²) in [7, 11) is 0. The molecule has 0 spiro atoms. The van der Waals surface area contributed by atoms with Gasteiger partial charge in [-0.25, -0.2) is 4.39 Å². The van der Waals surface area contributed by atoms with Gasteiger partial charge in [-0.05, 0) is 55.5 Å². The Morgan fingerprint density at radius 1 is 1.21 bits per heavy atom. The maximum absolute atomic E-state index is 13.0. The van der Waals surface area contributed by atoms with Gasteiger partial charge in [-0.2, -0.15) is 0 Å². The number of rotatable bonds is 6. The van der Waals surface area contributed by atoms with Crippen molar-refractivity contribution in [3.05, 3.63) is 58.0 Å². The van der Waals surface area contributed by atoms with Crippen molar-refractivity contribution < 1.29 is 23.5 Å². The third-order valence-electron chi connectivity index (χ3n) is 4.89. The third kappa shape index (κ3) is 5.63. The number of benzene rings is 1. The molecule has 0 aliphatic carbocycles. The number of esters is 1. The second-order valence-corrected chi connectivity index (χ2v) is 7.98. The van der Waals surface area contributed by atoms with Gasteiger partial charge in [-0.3, -0.25) is 14.4 Å². The number of hydrogen-bond donors (Lipinski definition) is 1. The first-order valence-electron chi connectivity index (χ1n) is 9.49. The Kier molecular flexibility index (Phi) is 6.98. The molecule has 1 saturated heterocycles. The molecule has 3 rings (SSSR count). The number of ether oxygens (including phenoxy) is 1. The number of hydrogen-bond acceptors (Lipinski definition) is 5. The van der Waals surface area contributed by atoms with Crippen molar-refractivity contribution in [1.29, 1.82) is 0 Å². The second-order valence-electron chi connectivity index (χ2n) is 6.95. The molecule has 8 heteroatoms. The molecule has 6 nitrogen and oxygen atoms in total. The molecule has 1 N–H and O–H groups in total. The van der Waals surface area contributed by atoms with Crippen LogP contribution in [0.1, 0.15) is 35.0 Å². The molecule has 29 heavy (non-hydrogen) atoms. The van der Waals surface area contributed by atoms with E-state index in [1.807, 2.05) is 17.5 Å². The Balaban J connectivity index is 1.43. The number of likely N-dealkylation sites (tertiary alicyclic amines) is 1. The van der Waals surface area contributed by atoms with Crippen LogP contribution in [0.25, 0.3) is 0 Å². The van der Waals surface area contributed by atoms with Crippen LogP contribution in [-0.4, -0.2) is 41.9 Å². The van der Waals surface area contributed by atoms with Gasteiger partial charge in [0.1, 0.15) is 5.82 Å². The zero-order valence-corrected chi connectivity index (χ0v) is 16.9.